The van der Waals surface area contributed by atoms with Crippen molar-refractivity contribution in [3.8, 4) is 0 Å². The van der Waals surface area contributed by atoms with Gasteiger partial charge < -0.3 is 9.47 Å². The third kappa shape index (κ3) is 1.14. The highest BCUT2D eigenvalue weighted by atomic mass is 32.1. The molecule has 1 aliphatic heterocycles. The van der Waals surface area contributed by atoms with Crippen LogP contribution < -0.4 is 0 Å². The van der Waals surface area contributed by atoms with Gasteiger partial charge >= 0.3 is 5.24 Å². The van der Waals surface area contributed by atoms with Crippen LogP contribution in [0.1, 0.15) is 12.8 Å². The van der Waals surface area contributed by atoms with Crippen LogP contribution >= 0.6 is 12.2 Å². The van der Waals surface area contributed by atoms with E-state index in [4.69, 9.17) is 21.7 Å². The molecule has 2 nitrogen and oxygen atoms in total. The number of hydrogen-bond donors (Lipinski definition) is 0. The van der Waals surface area contributed by atoms with Gasteiger partial charge in [0, 0.05) is 24.1 Å². The first kappa shape index (κ1) is 12.9. The number of hydrogen-bond acceptors (Lipinski definition) is 3. The summed E-state index contributed by atoms with van der Waals surface area (Å²) in [6.07, 6.45) is 21.5. The lowest BCUT2D eigenvalue weighted by Crippen LogP contribution is -2.56. The van der Waals surface area contributed by atoms with Crippen molar-refractivity contribution in [1.82, 2.24) is 0 Å². The zero-order valence-electron chi connectivity index (χ0n) is 13.4. The summed E-state index contributed by atoms with van der Waals surface area (Å²) in [6, 6.07) is 0. The van der Waals surface area contributed by atoms with Gasteiger partial charge in [0.2, 0.25) is 0 Å². The number of rotatable bonds is 0. The highest BCUT2D eigenvalue weighted by molar-refractivity contribution is 7.79. The van der Waals surface area contributed by atoms with Crippen molar-refractivity contribution in [3.63, 3.8) is 0 Å². The highest BCUT2D eigenvalue weighted by Gasteiger charge is 2.77. The Morgan fingerprint density at radius 2 is 1.17 bits per heavy atom. The minimum absolute atomic E-state index is 0.252. The first-order chi connectivity index (χ1) is 11.7. The van der Waals surface area contributed by atoms with Gasteiger partial charge in [-0.1, -0.05) is 48.6 Å². The molecule has 0 radical (unpaired) electrons. The Bertz CT molecular complexity index is 730. The largest absolute Gasteiger partial charge is 0.445 e. The predicted molar refractivity (Wildman–Crippen MR) is 93.9 cm³/mol. The second-order valence-electron chi connectivity index (χ2n) is 8.87. The van der Waals surface area contributed by atoms with Crippen molar-refractivity contribution in [3.05, 3.63) is 48.6 Å². The SMILES string of the molecule is S=C1O[C@]2(CC3C=CC4C=CC2[C@H]43)[C@@]2(CC3C=CC4C=CC2[C@H]43)O1. The second-order valence-corrected chi connectivity index (χ2v) is 9.20. The molecule has 10 atom stereocenters. The Hall–Kier alpha value is -1.35. The highest BCUT2D eigenvalue weighted by Crippen LogP contribution is 2.71. The van der Waals surface area contributed by atoms with Gasteiger partial charge in [0.05, 0.1) is 0 Å². The summed E-state index contributed by atoms with van der Waals surface area (Å²) in [5, 5.41) is 0.400. The van der Waals surface area contributed by atoms with E-state index in [1.54, 1.807) is 0 Å². The summed E-state index contributed by atoms with van der Waals surface area (Å²) in [7, 11) is 0. The smallest absolute Gasteiger partial charge is 0.353 e. The van der Waals surface area contributed by atoms with E-state index < -0.39 is 0 Å². The Morgan fingerprint density at radius 1 is 0.708 bits per heavy atom. The first-order valence-corrected chi connectivity index (χ1v) is 9.78. The lowest BCUT2D eigenvalue weighted by molar-refractivity contribution is -0.0861. The van der Waals surface area contributed by atoms with Gasteiger partial charge in [-0.25, -0.2) is 0 Å². The van der Waals surface area contributed by atoms with Crippen molar-refractivity contribution >= 4 is 17.5 Å². The second kappa shape index (κ2) is 3.75. The Balaban J connectivity index is 1.43. The molecule has 6 unspecified atom stereocenters. The lowest BCUT2D eigenvalue weighted by atomic mass is 9.68. The van der Waals surface area contributed by atoms with Gasteiger partial charge in [-0.3, -0.25) is 0 Å². The summed E-state index contributed by atoms with van der Waals surface area (Å²) >= 11 is 5.50. The third-order valence-electron chi connectivity index (χ3n) is 8.35. The van der Waals surface area contributed by atoms with E-state index in [9.17, 15) is 0 Å². The summed E-state index contributed by atoms with van der Waals surface area (Å²) in [4.78, 5) is 0. The molecule has 3 heteroatoms. The molecule has 0 bridgehead atoms. The number of thiocarbonyl (C=S) groups is 1. The minimum atomic E-state index is -0.252. The average molecular weight is 336 g/mol. The van der Waals surface area contributed by atoms with Gasteiger partial charge in [-0.15, -0.1) is 0 Å². The lowest BCUT2D eigenvalue weighted by Gasteiger charge is -2.43. The van der Waals surface area contributed by atoms with Gasteiger partial charge in [0.15, 0.2) is 11.2 Å². The molecular weight excluding hydrogens is 316 g/mol. The van der Waals surface area contributed by atoms with Crippen molar-refractivity contribution in [2.24, 2.45) is 47.3 Å². The van der Waals surface area contributed by atoms with Crippen molar-refractivity contribution in [2.45, 2.75) is 24.0 Å². The summed E-state index contributed by atoms with van der Waals surface area (Å²) in [5.41, 5.74) is -0.505. The zero-order valence-corrected chi connectivity index (χ0v) is 14.2. The fourth-order valence-corrected chi connectivity index (χ4v) is 8.01. The molecule has 24 heavy (non-hydrogen) atoms. The van der Waals surface area contributed by atoms with Crippen LogP contribution in [0.4, 0.5) is 0 Å². The van der Waals surface area contributed by atoms with Gasteiger partial charge in [0.1, 0.15) is 0 Å². The molecule has 7 aliphatic rings. The van der Waals surface area contributed by atoms with E-state index in [-0.39, 0.29) is 11.2 Å². The average Bonchev–Trinajstić information content (AvgIpc) is 3.32. The molecule has 122 valence electrons. The Kier molecular flexibility index (Phi) is 2.02. The quantitative estimate of drug-likeness (QED) is 0.495. The van der Waals surface area contributed by atoms with Crippen molar-refractivity contribution in [1.29, 1.82) is 0 Å². The fourth-order valence-electron chi connectivity index (χ4n) is 7.71. The van der Waals surface area contributed by atoms with Gasteiger partial charge in [-0.05, 0) is 48.3 Å². The van der Waals surface area contributed by atoms with E-state index in [0.717, 1.165) is 12.8 Å². The maximum atomic E-state index is 6.50. The molecule has 1 saturated heterocycles. The van der Waals surface area contributed by atoms with Crippen LogP contribution in [0.15, 0.2) is 48.6 Å². The Morgan fingerprint density at radius 3 is 1.67 bits per heavy atom. The van der Waals surface area contributed by atoms with Crippen molar-refractivity contribution < 1.29 is 9.47 Å². The standard InChI is InChI=1S/C21H20O2S/c24-19-22-20(9-13-3-1-11-5-7-15(20)17(11)13)21(23-19)10-14-4-2-12-6-8-16(21)18(12)14/h1-8,11-18H,9-10H2/t11?,12?,13?,14?,15?,16?,17-,18-,20+,21+/m1/s1. The fraction of sp³-hybridized carbons (Fsp3) is 0.571. The van der Waals surface area contributed by atoms with Crippen LogP contribution in [0.5, 0.6) is 0 Å². The maximum Gasteiger partial charge on any atom is 0.353 e. The maximum absolute atomic E-state index is 6.50. The molecule has 2 saturated carbocycles. The van der Waals surface area contributed by atoms with Crippen LogP contribution in [0, 0.1) is 47.3 Å². The summed E-state index contributed by atoms with van der Waals surface area (Å²) < 4.78 is 13.0. The van der Waals surface area contributed by atoms with Crippen molar-refractivity contribution in [2.75, 3.05) is 0 Å². The first-order valence-electron chi connectivity index (χ1n) is 9.37. The molecule has 3 fully saturated rings. The number of ether oxygens (including phenoxy) is 2. The minimum Gasteiger partial charge on any atom is -0.445 e. The van der Waals surface area contributed by atoms with Gasteiger partial charge in [-0.2, -0.15) is 0 Å². The Labute approximate surface area is 147 Å². The van der Waals surface area contributed by atoms with E-state index in [0.29, 0.717) is 52.6 Å². The molecule has 0 aromatic rings. The third-order valence-corrected chi connectivity index (χ3v) is 8.52. The molecule has 6 aliphatic carbocycles. The molecular formula is C21H20O2S. The van der Waals surface area contributed by atoms with E-state index in [2.05, 4.69) is 48.6 Å². The van der Waals surface area contributed by atoms with Crippen LogP contribution in [0.3, 0.4) is 0 Å². The van der Waals surface area contributed by atoms with Crippen LogP contribution in [0.2, 0.25) is 0 Å². The van der Waals surface area contributed by atoms with E-state index in [1.807, 2.05) is 0 Å². The number of fused-ring (bicyclic) bond motifs is 3. The topological polar surface area (TPSA) is 18.5 Å². The molecule has 2 spiro atoms. The van der Waals surface area contributed by atoms with Crippen LogP contribution in [-0.2, 0) is 9.47 Å². The van der Waals surface area contributed by atoms with E-state index in [1.165, 1.54) is 0 Å². The number of allylic oxidation sites excluding steroid dienone is 6. The monoisotopic (exact) mass is 336 g/mol. The molecule has 0 aromatic carbocycles. The van der Waals surface area contributed by atoms with Gasteiger partial charge in [0.25, 0.3) is 0 Å². The molecule has 7 rings (SSSR count). The molecule has 0 amide bonds. The molecule has 0 aromatic heterocycles. The molecule has 0 N–H and O–H groups in total. The summed E-state index contributed by atoms with van der Waals surface area (Å²) in [5.74, 6) is 4.66. The van der Waals surface area contributed by atoms with Crippen LogP contribution in [0.25, 0.3) is 0 Å². The zero-order chi connectivity index (χ0) is 15.7. The van der Waals surface area contributed by atoms with E-state index >= 15 is 0 Å². The van der Waals surface area contributed by atoms with Crippen LogP contribution in [-0.4, -0.2) is 16.4 Å². The predicted octanol–water partition coefficient (Wildman–Crippen LogP) is 3.81. The summed E-state index contributed by atoms with van der Waals surface area (Å²) in [6.45, 7) is 0. The normalized spacial score (nSPS) is 62.2. The molecule has 1 heterocycles.